The van der Waals surface area contributed by atoms with Crippen LogP contribution in [-0.4, -0.2) is 7.37 Å². The molecule has 0 atom stereocenters. The standard InChI is InChI=1S/C5H5.2CH3.2ClH.H3Si.Zr/c1-2-4-5-3-1;;;;;;/h1-3H,4H2;2*1H3;2*1H;1H3;. The Bertz CT molecular complexity index is 170. The fourth-order valence-electron chi connectivity index (χ4n) is 1.00. The minimum absolute atomic E-state index is 0. The first kappa shape index (κ1) is 14.7. The van der Waals surface area contributed by atoms with Gasteiger partial charge < -0.3 is 0 Å². The van der Waals surface area contributed by atoms with Crippen LogP contribution >= 0.6 is 24.8 Å². The van der Waals surface area contributed by atoms with Crippen LogP contribution in [0.2, 0.25) is 9.26 Å². The Balaban J connectivity index is 0. The van der Waals surface area contributed by atoms with Gasteiger partial charge in [-0.3, -0.25) is 0 Å². The summed E-state index contributed by atoms with van der Waals surface area (Å²) in [6.07, 6.45) is 8.13. The van der Waals surface area contributed by atoms with Crippen LogP contribution in [0.15, 0.2) is 21.5 Å². The maximum atomic E-state index is 2.53. The number of halogens is 2. The molecule has 0 radical (unpaired) electrons. The van der Waals surface area contributed by atoms with Gasteiger partial charge >= 0.3 is 64.0 Å². The number of rotatable bonds is 1. The van der Waals surface area contributed by atoms with Crippen molar-refractivity contribution in [3.8, 4) is 0 Å². The summed E-state index contributed by atoms with van der Waals surface area (Å²) >= 11 is -1.45. The zero-order chi connectivity index (χ0) is 6.91. The molecule has 0 heterocycles. The van der Waals surface area contributed by atoms with Crippen LogP contribution < -0.4 is 0 Å². The SMILES string of the molecule is Cl.Cl.[CH3][Zr]([CH3])([SiH3])[C]1=CC=CC1. The first-order valence-electron chi connectivity index (χ1n) is 3.47. The maximum absolute atomic E-state index is 2.53. The molecule has 1 aliphatic carbocycles. The van der Waals surface area contributed by atoms with E-state index in [4.69, 9.17) is 0 Å². The fourth-order valence-corrected chi connectivity index (χ4v) is 6.46. The van der Waals surface area contributed by atoms with Crippen molar-refractivity contribution in [2.75, 3.05) is 0 Å². The average molecular weight is 290 g/mol. The van der Waals surface area contributed by atoms with E-state index in [9.17, 15) is 0 Å². The van der Waals surface area contributed by atoms with Crippen LogP contribution in [0.1, 0.15) is 6.42 Å². The van der Waals surface area contributed by atoms with Gasteiger partial charge in [0.15, 0.2) is 0 Å². The summed E-state index contributed by atoms with van der Waals surface area (Å²) in [5, 5.41) is 0. The molecule has 66 valence electrons. The van der Waals surface area contributed by atoms with Crippen molar-refractivity contribution in [3.05, 3.63) is 21.5 Å². The molecule has 0 amide bonds. The van der Waals surface area contributed by atoms with E-state index >= 15 is 0 Å². The van der Waals surface area contributed by atoms with E-state index < -0.39 is 19.4 Å². The molecular formula is C7H16Cl2SiZr. The third kappa shape index (κ3) is 4.67. The van der Waals surface area contributed by atoms with Gasteiger partial charge in [-0.25, -0.2) is 0 Å². The molecule has 0 nitrogen and oxygen atoms in total. The zero-order valence-corrected chi connectivity index (χ0v) is 13.3. The van der Waals surface area contributed by atoms with Gasteiger partial charge in [-0.1, -0.05) is 0 Å². The molecule has 4 heteroatoms. The molecule has 0 aromatic heterocycles. The van der Waals surface area contributed by atoms with Gasteiger partial charge in [-0.15, -0.1) is 24.8 Å². The van der Waals surface area contributed by atoms with Gasteiger partial charge in [-0.2, -0.15) is 0 Å². The van der Waals surface area contributed by atoms with E-state index in [-0.39, 0.29) is 24.8 Å². The number of hydrogen-bond acceptors (Lipinski definition) is 0. The third-order valence-corrected chi connectivity index (χ3v) is 11.2. The molecular weight excluding hydrogens is 274 g/mol. The summed E-state index contributed by atoms with van der Waals surface area (Å²) in [6.45, 7) is 0. The van der Waals surface area contributed by atoms with Crippen LogP contribution in [-0.2, 0) is 19.4 Å². The zero-order valence-electron chi connectivity index (χ0n) is 7.26. The number of hydrogen-bond donors (Lipinski definition) is 0. The molecule has 11 heavy (non-hydrogen) atoms. The van der Waals surface area contributed by atoms with Crippen molar-refractivity contribution in [2.24, 2.45) is 0 Å². The van der Waals surface area contributed by atoms with Gasteiger partial charge in [0.25, 0.3) is 0 Å². The van der Waals surface area contributed by atoms with E-state index in [0.717, 1.165) is 0 Å². The van der Waals surface area contributed by atoms with E-state index in [1.165, 1.54) is 13.8 Å². The fraction of sp³-hybridized carbons (Fsp3) is 0.429. The van der Waals surface area contributed by atoms with Crippen molar-refractivity contribution in [3.63, 3.8) is 0 Å². The van der Waals surface area contributed by atoms with Crippen molar-refractivity contribution in [1.82, 2.24) is 0 Å². The Morgan fingerprint density at radius 1 is 1.36 bits per heavy atom. The van der Waals surface area contributed by atoms with Crippen molar-refractivity contribution >= 4 is 32.2 Å². The third-order valence-electron chi connectivity index (χ3n) is 1.73. The van der Waals surface area contributed by atoms with Crippen LogP contribution in [0.3, 0.4) is 0 Å². The molecule has 0 saturated carbocycles. The second kappa shape index (κ2) is 5.75. The topological polar surface area (TPSA) is 0 Å². The predicted octanol–water partition coefficient (Wildman–Crippen LogP) is 2.20. The first-order chi connectivity index (χ1) is 4.11. The predicted molar refractivity (Wildman–Crippen MR) is 58.0 cm³/mol. The van der Waals surface area contributed by atoms with E-state index in [1.54, 1.807) is 0 Å². The van der Waals surface area contributed by atoms with E-state index in [2.05, 4.69) is 27.5 Å². The Morgan fingerprint density at radius 2 is 1.91 bits per heavy atom. The van der Waals surface area contributed by atoms with Gasteiger partial charge in [-0.05, 0) is 0 Å². The molecule has 0 fully saturated rings. The summed E-state index contributed by atoms with van der Waals surface area (Å²) < 4.78 is 6.87. The van der Waals surface area contributed by atoms with Crippen molar-refractivity contribution < 1.29 is 19.4 Å². The Kier molecular flexibility index (Phi) is 7.66. The monoisotopic (exact) mass is 288 g/mol. The molecule has 0 aromatic carbocycles. The average Bonchev–Trinajstić information content (AvgIpc) is 2.08. The molecule has 0 N–H and O–H groups in total. The summed E-state index contributed by atoms with van der Waals surface area (Å²) in [4.78, 5) is 0. The molecule has 1 aliphatic rings. The summed E-state index contributed by atoms with van der Waals surface area (Å²) in [7, 11) is 1.47. The molecule has 0 bridgehead atoms. The van der Waals surface area contributed by atoms with Crippen molar-refractivity contribution in [1.29, 1.82) is 0 Å². The Labute approximate surface area is 88.1 Å². The second-order valence-electron chi connectivity index (χ2n) is 3.57. The van der Waals surface area contributed by atoms with Crippen LogP contribution in [0, 0.1) is 0 Å². The first-order valence-corrected chi connectivity index (χ1v) is 18.0. The normalized spacial score (nSPS) is 15.3. The molecule has 0 spiro atoms. The minimum atomic E-state index is -1.45. The Hall–Kier alpha value is 1.16. The van der Waals surface area contributed by atoms with E-state index in [1.807, 2.05) is 3.28 Å². The van der Waals surface area contributed by atoms with Crippen LogP contribution in [0.4, 0.5) is 0 Å². The molecule has 0 aliphatic heterocycles. The summed E-state index contributed by atoms with van der Waals surface area (Å²) in [5.74, 6) is 0. The van der Waals surface area contributed by atoms with Gasteiger partial charge in [0, 0.05) is 0 Å². The summed E-state index contributed by atoms with van der Waals surface area (Å²) in [6, 6.07) is 0. The second-order valence-corrected chi connectivity index (χ2v) is 31.0. The molecule has 0 unspecified atom stereocenters. The van der Waals surface area contributed by atoms with Crippen LogP contribution in [0.25, 0.3) is 0 Å². The van der Waals surface area contributed by atoms with Gasteiger partial charge in [0.05, 0.1) is 0 Å². The molecule has 1 rings (SSSR count). The quantitative estimate of drug-likeness (QED) is 0.650. The van der Waals surface area contributed by atoms with Crippen LogP contribution in [0.5, 0.6) is 0 Å². The molecule has 0 saturated heterocycles. The number of allylic oxidation sites excluding steroid dienone is 4. The van der Waals surface area contributed by atoms with Gasteiger partial charge in [0.1, 0.15) is 0 Å². The van der Waals surface area contributed by atoms with Gasteiger partial charge in [0.2, 0.25) is 0 Å². The van der Waals surface area contributed by atoms with Crippen molar-refractivity contribution in [2.45, 2.75) is 15.7 Å². The molecule has 0 aromatic rings. The summed E-state index contributed by atoms with van der Waals surface area (Å²) in [5.41, 5.74) is 0. The Morgan fingerprint density at radius 3 is 2.09 bits per heavy atom. The van der Waals surface area contributed by atoms with E-state index in [0.29, 0.717) is 0 Å².